The summed E-state index contributed by atoms with van der Waals surface area (Å²) in [6.07, 6.45) is 7.38. The van der Waals surface area contributed by atoms with Crippen LogP contribution < -0.4 is 14.8 Å². The number of hydrogen-bond acceptors (Lipinski definition) is 4. The third-order valence-electron chi connectivity index (χ3n) is 4.21. The number of ether oxygens (including phenoxy) is 3. The molecule has 0 radical (unpaired) electrons. The van der Waals surface area contributed by atoms with E-state index in [1.54, 1.807) is 12.1 Å². The summed E-state index contributed by atoms with van der Waals surface area (Å²) in [6, 6.07) is 3.20. The maximum absolute atomic E-state index is 12.2. The Bertz CT molecular complexity index is 544. The normalized spacial score (nSPS) is 15.1. The van der Waals surface area contributed by atoms with E-state index in [1.807, 2.05) is 0 Å². The van der Waals surface area contributed by atoms with E-state index in [1.165, 1.54) is 33.5 Å². The van der Waals surface area contributed by atoms with E-state index in [0.29, 0.717) is 41.3 Å². The molecule has 0 atom stereocenters. The lowest BCUT2D eigenvalue weighted by Gasteiger charge is -2.21. The van der Waals surface area contributed by atoms with Gasteiger partial charge in [-0.3, -0.25) is 4.79 Å². The number of amides is 1. The van der Waals surface area contributed by atoms with Crippen LogP contribution in [0.4, 0.5) is 0 Å². The highest BCUT2D eigenvalue weighted by Crippen LogP contribution is 2.35. The molecule has 5 nitrogen and oxygen atoms in total. The van der Waals surface area contributed by atoms with Crippen LogP contribution in [0, 0.1) is 0 Å². The molecular weight excluding hydrogens is 330 g/mol. The number of rotatable bonds is 8. The standard InChI is InChI=1S/C18H26ClNO4/c1-22-16-12-13(11-15(19)17(16)23-2)18(21)20-9-6-10-24-14-7-4-3-5-8-14/h11-12,14H,3-10H2,1-2H3,(H,20,21). The molecule has 1 aromatic carbocycles. The van der Waals surface area contributed by atoms with Crippen molar-refractivity contribution in [1.82, 2.24) is 5.32 Å². The topological polar surface area (TPSA) is 56.8 Å². The van der Waals surface area contributed by atoms with Crippen LogP contribution in [0.2, 0.25) is 5.02 Å². The SMILES string of the molecule is COc1cc(C(=O)NCCCOC2CCCCC2)cc(Cl)c1OC. The Labute approximate surface area is 148 Å². The Morgan fingerprint density at radius 1 is 1.21 bits per heavy atom. The Hall–Kier alpha value is -1.46. The minimum atomic E-state index is -0.185. The van der Waals surface area contributed by atoms with Gasteiger partial charge in [-0.05, 0) is 31.4 Å². The summed E-state index contributed by atoms with van der Waals surface area (Å²) < 4.78 is 16.2. The van der Waals surface area contributed by atoms with Crippen molar-refractivity contribution in [3.63, 3.8) is 0 Å². The number of halogens is 1. The average Bonchev–Trinajstić information content (AvgIpc) is 2.61. The number of carbonyl (C=O) groups excluding carboxylic acids is 1. The first-order valence-electron chi connectivity index (χ1n) is 8.47. The Morgan fingerprint density at radius 2 is 1.96 bits per heavy atom. The molecule has 0 aromatic heterocycles. The fourth-order valence-corrected chi connectivity index (χ4v) is 3.19. The van der Waals surface area contributed by atoms with Gasteiger partial charge in [0.05, 0.1) is 25.3 Å². The van der Waals surface area contributed by atoms with Gasteiger partial charge in [0.1, 0.15) is 0 Å². The summed E-state index contributed by atoms with van der Waals surface area (Å²) in [4.78, 5) is 12.2. The predicted octanol–water partition coefficient (Wildman–Crippen LogP) is 3.83. The van der Waals surface area contributed by atoms with Crippen LogP contribution in [0.15, 0.2) is 12.1 Å². The van der Waals surface area contributed by atoms with Crippen LogP contribution in [0.1, 0.15) is 48.9 Å². The van der Waals surface area contributed by atoms with Crippen LogP contribution in [0.3, 0.4) is 0 Å². The molecule has 1 aliphatic rings. The Balaban J connectivity index is 1.76. The monoisotopic (exact) mass is 355 g/mol. The second-order valence-electron chi connectivity index (χ2n) is 5.93. The van der Waals surface area contributed by atoms with Crippen molar-refractivity contribution in [2.45, 2.75) is 44.6 Å². The molecule has 1 amide bonds. The minimum absolute atomic E-state index is 0.185. The van der Waals surface area contributed by atoms with E-state index in [4.69, 9.17) is 25.8 Å². The lowest BCUT2D eigenvalue weighted by atomic mass is 9.98. The summed E-state index contributed by atoms with van der Waals surface area (Å²) in [6.45, 7) is 1.25. The fraction of sp³-hybridized carbons (Fsp3) is 0.611. The summed E-state index contributed by atoms with van der Waals surface area (Å²) >= 11 is 6.12. The van der Waals surface area contributed by atoms with Crippen molar-refractivity contribution in [2.75, 3.05) is 27.4 Å². The molecule has 24 heavy (non-hydrogen) atoms. The molecule has 0 aliphatic heterocycles. The summed E-state index contributed by atoms with van der Waals surface area (Å²) in [5.74, 6) is 0.683. The van der Waals surface area contributed by atoms with Gasteiger partial charge in [-0.2, -0.15) is 0 Å². The maximum Gasteiger partial charge on any atom is 0.251 e. The molecule has 0 bridgehead atoms. The van der Waals surface area contributed by atoms with E-state index in [9.17, 15) is 4.79 Å². The van der Waals surface area contributed by atoms with Crippen molar-refractivity contribution in [1.29, 1.82) is 0 Å². The van der Waals surface area contributed by atoms with Crippen LogP contribution >= 0.6 is 11.6 Å². The van der Waals surface area contributed by atoms with Gasteiger partial charge < -0.3 is 19.5 Å². The second kappa shape index (κ2) is 9.74. The largest absolute Gasteiger partial charge is 0.493 e. The first-order valence-corrected chi connectivity index (χ1v) is 8.84. The Morgan fingerprint density at radius 3 is 2.62 bits per heavy atom. The van der Waals surface area contributed by atoms with Crippen molar-refractivity contribution >= 4 is 17.5 Å². The van der Waals surface area contributed by atoms with Gasteiger partial charge >= 0.3 is 0 Å². The Kier molecular flexibility index (Phi) is 7.66. The smallest absolute Gasteiger partial charge is 0.251 e. The number of hydrogen-bond donors (Lipinski definition) is 1. The first kappa shape index (κ1) is 18.9. The molecule has 1 aliphatic carbocycles. The van der Waals surface area contributed by atoms with Gasteiger partial charge in [0.25, 0.3) is 5.91 Å². The van der Waals surface area contributed by atoms with Gasteiger partial charge in [0, 0.05) is 18.7 Å². The van der Waals surface area contributed by atoms with Gasteiger partial charge in [-0.1, -0.05) is 30.9 Å². The van der Waals surface area contributed by atoms with Crippen molar-refractivity contribution in [3.05, 3.63) is 22.7 Å². The minimum Gasteiger partial charge on any atom is -0.493 e. The second-order valence-corrected chi connectivity index (χ2v) is 6.34. The lowest BCUT2D eigenvalue weighted by molar-refractivity contribution is 0.0273. The van der Waals surface area contributed by atoms with Gasteiger partial charge in [0.2, 0.25) is 0 Å². The van der Waals surface area contributed by atoms with Crippen LogP contribution in [-0.2, 0) is 4.74 Å². The molecule has 2 rings (SSSR count). The third kappa shape index (κ3) is 5.28. The van der Waals surface area contributed by atoms with E-state index in [2.05, 4.69) is 5.32 Å². The highest BCUT2D eigenvalue weighted by molar-refractivity contribution is 6.32. The molecule has 0 saturated heterocycles. The zero-order valence-electron chi connectivity index (χ0n) is 14.4. The zero-order valence-corrected chi connectivity index (χ0v) is 15.2. The van der Waals surface area contributed by atoms with Crippen molar-refractivity contribution in [3.8, 4) is 11.5 Å². The van der Waals surface area contributed by atoms with Crippen molar-refractivity contribution < 1.29 is 19.0 Å². The molecule has 134 valence electrons. The van der Waals surface area contributed by atoms with Gasteiger partial charge in [-0.25, -0.2) is 0 Å². The van der Waals surface area contributed by atoms with Crippen LogP contribution in [0.5, 0.6) is 11.5 Å². The number of benzene rings is 1. The highest BCUT2D eigenvalue weighted by Gasteiger charge is 2.15. The molecule has 1 saturated carbocycles. The molecular formula is C18H26ClNO4. The maximum atomic E-state index is 12.2. The third-order valence-corrected chi connectivity index (χ3v) is 4.49. The number of carbonyl (C=O) groups is 1. The summed E-state index contributed by atoms with van der Waals surface area (Å²) in [7, 11) is 3.02. The molecule has 0 spiro atoms. The van der Waals surface area contributed by atoms with E-state index >= 15 is 0 Å². The molecule has 1 N–H and O–H groups in total. The first-order chi connectivity index (χ1) is 11.7. The van der Waals surface area contributed by atoms with Crippen LogP contribution in [0.25, 0.3) is 0 Å². The zero-order chi connectivity index (χ0) is 17.4. The quantitative estimate of drug-likeness (QED) is 0.720. The lowest BCUT2D eigenvalue weighted by Crippen LogP contribution is -2.26. The summed E-state index contributed by atoms with van der Waals surface area (Å²) in [5.41, 5.74) is 0.450. The molecule has 0 heterocycles. The van der Waals surface area contributed by atoms with E-state index in [-0.39, 0.29) is 5.91 Å². The van der Waals surface area contributed by atoms with Gasteiger partial charge in [-0.15, -0.1) is 0 Å². The molecule has 1 aromatic rings. The fourth-order valence-electron chi connectivity index (χ4n) is 2.91. The highest BCUT2D eigenvalue weighted by atomic mass is 35.5. The average molecular weight is 356 g/mol. The van der Waals surface area contributed by atoms with Gasteiger partial charge in [0.15, 0.2) is 11.5 Å². The van der Waals surface area contributed by atoms with E-state index < -0.39 is 0 Å². The van der Waals surface area contributed by atoms with E-state index in [0.717, 1.165) is 19.3 Å². The molecule has 6 heteroatoms. The molecule has 0 unspecified atom stereocenters. The summed E-state index contributed by atoms with van der Waals surface area (Å²) in [5, 5.41) is 3.23. The number of nitrogens with one attached hydrogen (secondary N) is 1. The molecule has 1 fully saturated rings. The number of methoxy groups -OCH3 is 2. The predicted molar refractivity (Wildman–Crippen MR) is 94.3 cm³/mol. The van der Waals surface area contributed by atoms with Crippen LogP contribution in [-0.4, -0.2) is 39.4 Å². The van der Waals surface area contributed by atoms with Crippen molar-refractivity contribution in [2.24, 2.45) is 0 Å².